The van der Waals surface area contributed by atoms with E-state index in [-0.39, 0.29) is 10.8 Å². The molecule has 0 radical (unpaired) electrons. The molecule has 0 fully saturated rings. The Hall–Kier alpha value is -3.75. The lowest BCUT2D eigenvalue weighted by molar-refractivity contribution is 0.0785. The molecular formula is C25H24N4O3S. The van der Waals surface area contributed by atoms with Crippen LogP contribution in [-0.4, -0.2) is 43.1 Å². The highest BCUT2D eigenvalue weighted by Gasteiger charge is 2.20. The van der Waals surface area contributed by atoms with Crippen LogP contribution in [0.1, 0.15) is 15.9 Å². The third-order valence-corrected chi connectivity index (χ3v) is 6.68. The largest absolute Gasteiger partial charge is 0.337 e. The molecule has 0 atom stereocenters. The number of carbonyl (C=O) groups excluding carboxylic acids is 1. The fourth-order valence-electron chi connectivity index (χ4n) is 3.54. The molecule has 0 aliphatic carbocycles. The van der Waals surface area contributed by atoms with Gasteiger partial charge < -0.3 is 4.90 Å². The van der Waals surface area contributed by atoms with Gasteiger partial charge in [0.2, 0.25) is 10.0 Å². The van der Waals surface area contributed by atoms with Gasteiger partial charge in [0.1, 0.15) is 0 Å². The molecule has 0 saturated carbocycles. The Morgan fingerprint density at radius 1 is 0.970 bits per heavy atom. The van der Waals surface area contributed by atoms with Crippen molar-refractivity contribution in [3.05, 3.63) is 102 Å². The van der Waals surface area contributed by atoms with E-state index >= 15 is 0 Å². The smallest absolute Gasteiger partial charge is 0.253 e. The standard InChI is InChI=1S/C25H24N4O3S/c1-26-33(31,32)23-15-9-12-20(16-23)25(30)28(2)17-21-18-29(22-13-7-4-8-14-22)27-24(21)19-10-5-3-6-11-19/h3-16,18,26H,17H2,1-2H3. The molecule has 168 valence electrons. The molecule has 7 nitrogen and oxygen atoms in total. The van der Waals surface area contributed by atoms with E-state index in [1.165, 1.54) is 19.2 Å². The number of sulfonamides is 1. The molecule has 1 N–H and O–H groups in total. The second-order valence-electron chi connectivity index (χ2n) is 7.55. The van der Waals surface area contributed by atoms with Crippen LogP contribution in [0.3, 0.4) is 0 Å². The summed E-state index contributed by atoms with van der Waals surface area (Å²) in [6.07, 6.45) is 1.92. The van der Waals surface area contributed by atoms with Crippen molar-refractivity contribution in [2.45, 2.75) is 11.4 Å². The van der Waals surface area contributed by atoms with E-state index in [0.717, 1.165) is 22.5 Å². The van der Waals surface area contributed by atoms with Crippen molar-refractivity contribution >= 4 is 15.9 Å². The lowest BCUT2D eigenvalue weighted by Gasteiger charge is -2.17. The summed E-state index contributed by atoms with van der Waals surface area (Å²) >= 11 is 0. The van der Waals surface area contributed by atoms with Gasteiger partial charge in [0.25, 0.3) is 5.91 Å². The first kappa shape index (κ1) is 22.4. The van der Waals surface area contributed by atoms with Gasteiger partial charge >= 0.3 is 0 Å². The maximum absolute atomic E-state index is 13.1. The summed E-state index contributed by atoms with van der Waals surface area (Å²) in [5.74, 6) is -0.283. The van der Waals surface area contributed by atoms with E-state index < -0.39 is 10.0 Å². The van der Waals surface area contributed by atoms with Crippen LogP contribution in [0.25, 0.3) is 16.9 Å². The number of carbonyl (C=O) groups is 1. The summed E-state index contributed by atoms with van der Waals surface area (Å²) in [5, 5.41) is 4.78. The predicted molar refractivity (Wildman–Crippen MR) is 127 cm³/mol. The molecule has 0 unspecified atom stereocenters. The Morgan fingerprint density at radius 3 is 2.30 bits per heavy atom. The molecule has 1 amide bonds. The third kappa shape index (κ3) is 4.87. The first-order chi connectivity index (χ1) is 15.9. The molecule has 4 rings (SSSR count). The van der Waals surface area contributed by atoms with Crippen LogP contribution >= 0.6 is 0 Å². The van der Waals surface area contributed by atoms with Crippen LogP contribution < -0.4 is 4.72 Å². The number of nitrogens with zero attached hydrogens (tertiary/aromatic N) is 3. The topological polar surface area (TPSA) is 84.3 Å². The van der Waals surface area contributed by atoms with Crippen molar-refractivity contribution in [3.8, 4) is 16.9 Å². The lowest BCUT2D eigenvalue weighted by atomic mass is 10.1. The average molecular weight is 461 g/mol. The van der Waals surface area contributed by atoms with Gasteiger partial charge in [0.05, 0.1) is 16.3 Å². The average Bonchev–Trinajstić information content (AvgIpc) is 3.28. The van der Waals surface area contributed by atoms with Crippen molar-refractivity contribution in [1.82, 2.24) is 19.4 Å². The van der Waals surface area contributed by atoms with Gasteiger partial charge in [-0.1, -0.05) is 54.6 Å². The fraction of sp³-hybridized carbons (Fsp3) is 0.120. The summed E-state index contributed by atoms with van der Waals surface area (Å²) < 4.78 is 28.3. The highest BCUT2D eigenvalue weighted by Crippen LogP contribution is 2.25. The summed E-state index contributed by atoms with van der Waals surface area (Å²) in [4.78, 5) is 14.7. The molecule has 4 aromatic rings. The Labute approximate surface area is 193 Å². The number of nitrogens with one attached hydrogen (secondary N) is 1. The van der Waals surface area contributed by atoms with Crippen LogP contribution in [0.2, 0.25) is 0 Å². The van der Waals surface area contributed by atoms with E-state index in [9.17, 15) is 13.2 Å². The molecule has 0 saturated heterocycles. The molecule has 8 heteroatoms. The van der Waals surface area contributed by atoms with Crippen LogP contribution in [0.5, 0.6) is 0 Å². The summed E-state index contributed by atoms with van der Waals surface area (Å²) in [5.41, 5.74) is 3.82. The van der Waals surface area contributed by atoms with Gasteiger partial charge in [-0.2, -0.15) is 5.10 Å². The van der Waals surface area contributed by atoms with Gasteiger partial charge in [0, 0.05) is 36.5 Å². The van der Waals surface area contributed by atoms with Gasteiger partial charge in [-0.05, 0) is 37.4 Å². The molecule has 1 heterocycles. The number of rotatable bonds is 7. The van der Waals surface area contributed by atoms with Crippen molar-refractivity contribution in [3.63, 3.8) is 0 Å². The minimum atomic E-state index is -3.64. The van der Waals surface area contributed by atoms with E-state index in [2.05, 4.69) is 4.72 Å². The Kier molecular flexibility index (Phi) is 6.39. The predicted octanol–water partition coefficient (Wildman–Crippen LogP) is 3.72. The zero-order valence-electron chi connectivity index (χ0n) is 18.3. The van der Waals surface area contributed by atoms with Crippen molar-refractivity contribution in [1.29, 1.82) is 0 Å². The lowest BCUT2D eigenvalue weighted by Crippen LogP contribution is -2.27. The number of amides is 1. The molecule has 33 heavy (non-hydrogen) atoms. The minimum Gasteiger partial charge on any atom is -0.337 e. The monoisotopic (exact) mass is 460 g/mol. The van der Waals surface area contributed by atoms with Gasteiger partial charge in [-0.15, -0.1) is 0 Å². The highest BCUT2D eigenvalue weighted by molar-refractivity contribution is 7.89. The van der Waals surface area contributed by atoms with E-state index in [4.69, 9.17) is 5.10 Å². The second-order valence-corrected chi connectivity index (χ2v) is 9.43. The number of para-hydroxylation sites is 1. The van der Waals surface area contributed by atoms with E-state index in [1.54, 1.807) is 28.8 Å². The highest BCUT2D eigenvalue weighted by atomic mass is 32.2. The quantitative estimate of drug-likeness (QED) is 0.456. The first-order valence-corrected chi connectivity index (χ1v) is 11.9. The normalized spacial score (nSPS) is 11.3. The molecule has 1 aromatic heterocycles. The zero-order valence-corrected chi connectivity index (χ0v) is 19.2. The summed E-state index contributed by atoms with van der Waals surface area (Å²) in [7, 11) is -0.613. The van der Waals surface area contributed by atoms with Crippen molar-refractivity contribution < 1.29 is 13.2 Å². The fourth-order valence-corrected chi connectivity index (χ4v) is 4.31. The maximum atomic E-state index is 13.1. The van der Waals surface area contributed by atoms with Crippen molar-refractivity contribution in [2.75, 3.05) is 14.1 Å². The molecular weight excluding hydrogens is 436 g/mol. The van der Waals surface area contributed by atoms with Gasteiger partial charge in [0.15, 0.2) is 0 Å². The third-order valence-electron chi connectivity index (χ3n) is 5.27. The molecule has 0 aliphatic rings. The second kappa shape index (κ2) is 9.40. The van der Waals surface area contributed by atoms with Crippen LogP contribution in [-0.2, 0) is 16.6 Å². The number of hydrogen-bond donors (Lipinski definition) is 1. The Bertz CT molecular complexity index is 1370. The van der Waals surface area contributed by atoms with Gasteiger partial charge in [-0.3, -0.25) is 4.79 Å². The van der Waals surface area contributed by atoms with Crippen LogP contribution in [0.15, 0.2) is 96.0 Å². The Balaban J connectivity index is 1.66. The summed E-state index contributed by atoms with van der Waals surface area (Å²) in [6, 6.07) is 25.6. The number of benzene rings is 3. The van der Waals surface area contributed by atoms with Crippen LogP contribution in [0.4, 0.5) is 0 Å². The van der Waals surface area contributed by atoms with E-state index in [0.29, 0.717) is 12.1 Å². The number of hydrogen-bond acceptors (Lipinski definition) is 4. The van der Waals surface area contributed by atoms with E-state index in [1.807, 2.05) is 66.9 Å². The SMILES string of the molecule is CNS(=O)(=O)c1cccc(C(=O)N(C)Cc2cn(-c3ccccc3)nc2-c2ccccc2)c1. The molecule has 0 spiro atoms. The zero-order chi connectivity index (χ0) is 23.4. The van der Waals surface area contributed by atoms with Crippen LogP contribution in [0, 0.1) is 0 Å². The van der Waals surface area contributed by atoms with Gasteiger partial charge in [-0.25, -0.2) is 17.8 Å². The Morgan fingerprint density at radius 2 is 1.64 bits per heavy atom. The molecule has 0 aliphatic heterocycles. The first-order valence-electron chi connectivity index (χ1n) is 10.4. The minimum absolute atomic E-state index is 0.0473. The maximum Gasteiger partial charge on any atom is 0.253 e. The number of aromatic nitrogens is 2. The molecule has 3 aromatic carbocycles. The summed E-state index contributed by atoms with van der Waals surface area (Å²) in [6.45, 7) is 0.304. The molecule has 0 bridgehead atoms. The van der Waals surface area contributed by atoms with Crippen molar-refractivity contribution in [2.24, 2.45) is 0 Å².